The SMILES string of the molecule is Cc1[nH]cnc1CN1CCN(c2cccc(Cl)c2)CC1. The van der Waals surface area contributed by atoms with Gasteiger partial charge in [-0.1, -0.05) is 17.7 Å². The number of imidazole rings is 1. The highest BCUT2D eigenvalue weighted by Crippen LogP contribution is 2.21. The van der Waals surface area contributed by atoms with E-state index in [0.29, 0.717) is 0 Å². The molecule has 4 nitrogen and oxygen atoms in total. The van der Waals surface area contributed by atoms with Gasteiger partial charge in [0.05, 0.1) is 12.0 Å². The molecule has 0 bridgehead atoms. The quantitative estimate of drug-likeness (QED) is 0.944. The number of H-pyrrole nitrogens is 1. The number of hydrogen-bond acceptors (Lipinski definition) is 3. The van der Waals surface area contributed by atoms with Crippen molar-refractivity contribution in [1.29, 1.82) is 0 Å². The van der Waals surface area contributed by atoms with Gasteiger partial charge in [0.1, 0.15) is 0 Å². The zero-order valence-electron chi connectivity index (χ0n) is 11.6. The van der Waals surface area contributed by atoms with E-state index in [-0.39, 0.29) is 0 Å². The fraction of sp³-hybridized carbons (Fsp3) is 0.400. The Hall–Kier alpha value is -1.52. The molecule has 1 N–H and O–H groups in total. The monoisotopic (exact) mass is 290 g/mol. The van der Waals surface area contributed by atoms with Gasteiger partial charge in [0.25, 0.3) is 0 Å². The van der Waals surface area contributed by atoms with Crippen molar-refractivity contribution in [2.24, 2.45) is 0 Å². The highest BCUT2D eigenvalue weighted by molar-refractivity contribution is 6.30. The molecule has 1 aromatic heterocycles. The van der Waals surface area contributed by atoms with Crippen molar-refractivity contribution in [2.75, 3.05) is 31.1 Å². The number of aromatic nitrogens is 2. The second-order valence-electron chi connectivity index (χ2n) is 5.22. The molecule has 20 heavy (non-hydrogen) atoms. The number of piperazine rings is 1. The van der Waals surface area contributed by atoms with Crippen LogP contribution >= 0.6 is 11.6 Å². The second-order valence-corrected chi connectivity index (χ2v) is 5.65. The standard InChI is InChI=1S/C15H19ClN4/c1-12-15(18-11-17-12)10-19-5-7-20(8-6-19)14-4-2-3-13(16)9-14/h2-4,9,11H,5-8,10H2,1H3,(H,17,18). The van der Waals surface area contributed by atoms with Crippen LogP contribution in [0.5, 0.6) is 0 Å². The van der Waals surface area contributed by atoms with Crippen molar-refractivity contribution in [3.63, 3.8) is 0 Å². The third-order valence-corrected chi connectivity index (χ3v) is 4.09. The van der Waals surface area contributed by atoms with Crippen molar-refractivity contribution < 1.29 is 0 Å². The molecule has 0 aliphatic carbocycles. The summed E-state index contributed by atoms with van der Waals surface area (Å²) in [7, 11) is 0. The summed E-state index contributed by atoms with van der Waals surface area (Å²) >= 11 is 6.06. The number of rotatable bonds is 3. The summed E-state index contributed by atoms with van der Waals surface area (Å²) in [5, 5.41) is 0.803. The van der Waals surface area contributed by atoms with Crippen molar-refractivity contribution in [3.8, 4) is 0 Å². The number of benzene rings is 1. The molecule has 0 radical (unpaired) electrons. The second kappa shape index (κ2) is 5.85. The van der Waals surface area contributed by atoms with E-state index in [9.17, 15) is 0 Å². The summed E-state index contributed by atoms with van der Waals surface area (Å²) in [5.41, 5.74) is 3.54. The van der Waals surface area contributed by atoms with Gasteiger partial charge >= 0.3 is 0 Å². The molecule has 1 aliphatic heterocycles. The molecule has 0 amide bonds. The van der Waals surface area contributed by atoms with Crippen molar-refractivity contribution in [3.05, 3.63) is 47.0 Å². The van der Waals surface area contributed by atoms with E-state index in [4.69, 9.17) is 11.6 Å². The van der Waals surface area contributed by atoms with Crippen LogP contribution in [-0.4, -0.2) is 41.0 Å². The molecule has 0 saturated carbocycles. The maximum Gasteiger partial charge on any atom is 0.0925 e. The summed E-state index contributed by atoms with van der Waals surface area (Å²) in [6.07, 6.45) is 1.77. The van der Waals surface area contributed by atoms with Gasteiger partial charge < -0.3 is 9.88 Å². The highest BCUT2D eigenvalue weighted by Gasteiger charge is 2.18. The first-order valence-electron chi connectivity index (χ1n) is 6.94. The molecule has 2 heterocycles. The van der Waals surface area contributed by atoms with Crippen LogP contribution in [0.3, 0.4) is 0 Å². The number of anilines is 1. The van der Waals surface area contributed by atoms with Gasteiger partial charge in [0.15, 0.2) is 0 Å². The Morgan fingerprint density at radius 3 is 2.70 bits per heavy atom. The lowest BCUT2D eigenvalue weighted by atomic mass is 10.2. The minimum atomic E-state index is 0.803. The van der Waals surface area contributed by atoms with E-state index in [1.807, 2.05) is 18.2 Å². The van der Waals surface area contributed by atoms with E-state index < -0.39 is 0 Å². The zero-order valence-corrected chi connectivity index (χ0v) is 12.4. The molecule has 0 unspecified atom stereocenters. The minimum Gasteiger partial charge on any atom is -0.369 e. The largest absolute Gasteiger partial charge is 0.369 e. The normalized spacial score (nSPS) is 16.6. The van der Waals surface area contributed by atoms with Gasteiger partial charge in [-0.2, -0.15) is 0 Å². The van der Waals surface area contributed by atoms with Crippen LogP contribution < -0.4 is 4.90 Å². The number of halogens is 1. The number of nitrogens with zero attached hydrogens (tertiary/aromatic N) is 3. The highest BCUT2D eigenvalue weighted by atomic mass is 35.5. The lowest BCUT2D eigenvalue weighted by Gasteiger charge is -2.36. The molecule has 0 atom stereocenters. The first-order chi connectivity index (χ1) is 9.72. The van der Waals surface area contributed by atoms with Crippen molar-refractivity contribution in [1.82, 2.24) is 14.9 Å². The summed E-state index contributed by atoms with van der Waals surface area (Å²) < 4.78 is 0. The maximum absolute atomic E-state index is 6.06. The van der Waals surface area contributed by atoms with E-state index in [2.05, 4.69) is 32.8 Å². The number of aryl methyl sites for hydroxylation is 1. The van der Waals surface area contributed by atoms with Crippen LogP contribution in [0.15, 0.2) is 30.6 Å². The van der Waals surface area contributed by atoms with E-state index in [1.165, 1.54) is 11.4 Å². The molecule has 0 spiro atoms. The van der Waals surface area contributed by atoms with E-state index in [0.717, 1.165) is 43.4 Å². The fourth-order valence-corrected chi connectivity index (χ4v) is 2.78. The fourth-order valence-electron chi connectivity index (χ4n) is 2.60. The lowest BCUT2D eigenvalue weighted by Crippen LogP contribution is -2.46. The van der Waals surface area contributed by atoms with Gasteiger partial charge in [-0.15, -0.1) is 0 Å². The Kier molecular flexibility index (Phi) is 3.94. The van der Waals surface area contributed by atoms with Crippen LogP contribution in [-0.2, 0) is 6.54 Å². The Balaban J connectivity index is 1.58. The molecule has 5 heteroatoms. The number of hydrogen-bond donors (Lipinski definition) is 1. The van der Waals surface area contributed by atoms with Crippen molar-refractivity contribution in [2.45, 2.75) is 13.5 Å². The number of aromatic amines is 1. The van der Waals surface area contributed by atoms with Gasteiger partial charge in [-0.05, 0) is 25.1 Å². The zero-order chi connectivity index (χ0) is 13.9. The van der Waals surface area contributed by atoms with Crippen LogP contribution in [0, 0.1) is 6.92 Å². The molecule has 2 aromatic rings. The minimum absolute atomic E-state index is 0.803. The third-order valence-electron chi connectivity index (χ3n) is 3.85. The van der Waals surface area contributed by atoms with E-state index >= 15 is 0 Å². The van der Waals surface area contributed by atoms with Crippen LogP contribution in [0.1, 0.15) is 11.4 Å². The van der Waals surface area contributed by atoms with Crippen molar-refractivity contribution >= 4 is 17.3 Å². The molecule has 3 rings (SSSR count). The third kappa shape index (κ3) is 2.97. The molecule has 1 aliphatic rings. The Morgan fingerprint density at radius 1 is 1.25 bits per heavy atom. The molecular weight excluding hydrogens is 272 g/mol. The van der Waals surface area contributed by atoms with E-state index in [1.54, 1.807) is 6.33 Å². The Morgan fingerprint density at radius 2 is 2.05 bits per heavy atom. The topological polar surface area (TPSA) is 35.2 Å². The average Bonchev–Trinajstić information content (AvgIpc) is 2.85. The molecular formula is C15H19ClN4. The van der Waals surface area contributed by atoms with Crippen LogP contribution in [0.4, 0.5) is 5.69 Å². The first-order valence-corrected chi connectivity index (χ1v) is 7.32. The Labute approximate surface area is 124 Å². The summed E-state index contributed by atoms with van der Waals surface area (Å²) in [6.45, 7) is 7.18. The van der Waals surface area contributed by atoms with Gasteiger partial charge in [-0.25, -0.2) is 4.98 Å². The van der Waals surface area contributed by atoms with Gasteiger partial charge in [0, 0.05) is 49.1 Å². The van der Waals surface area contributed by atoms with Gasteiger partial charge in [-0.3, -0.25) is 4.90 Å². The maximum atomic E-state index is 6.06. The molecule has 106 valence electrons. The summed E-state index contributed by atoms with van der Waals surface area (Å²) in [4.78, 5) is 12.3. The first kappa shape index (κ1) is 13.5. The summed E-state index contributed by atoms with van der Waals surface area (Å²) in [5.74, 6) is 0. The predicted molar refractivity (Wildman–Crippen MR) is 82.3 cm³/mol. The molecule has 1 aromatic carbocycles. The predicted octanol–water partition coefficient (Wildman–Crippen LogP) is 2.69. The smallest absolute Gasteiger partial charge is 0.0925 e. The Bertz CT molecular complexity index is 573. The van der Waals surface area contributed by atoms with Gasteiger partial charge in [0.2, 0.25) is 0 Å². The molecule has 1 saturated heterocycles. The lowest BCUT2D eigenvalue weighted by molar-refractivity contribution is 0.247. The molecule has 1 fully saturated rings. The summed E-state index contributed by atoms with van der Waals surface area (Å²) in [6, 6.07) is 8.09. The van der Waals surface area contributed by atoms with Crippen LogP contribution in [0.25, 0.3) is 0 Å². The average molecular weight is 291 g/mol. The number of nitrogens with one attached hydrogen (secondary N) is 1. The van der Waals surface area contributed by atoms with Crippen LogP contribution in [0.2, 0.25) is 5.02 Å².